The largest absolute Gasteiger partial charge is 0.458 e. The van der Waals surface area contributed by atoms with E-state index in [1.54, 1.807) is 0 Å². The minimum absolute atomic E-state index is 0.0240. The van der Waals surface area contributed by atoms with Crippen LogP contribution in [0.3, 0.4) is 0 Å². The van der Waals surface area contributed by atoms with E-state index >= 15 is 0 Å². The zero-order valence-electron chi connectivity index (χ0n) is 9.30. The zero-order chi connectivity index (χ0) is 12.8. The molecule has 0 fully saturated rings. The smallest absolute Gasteiger partial charge is 0.417 e. The van der Waals surface area contributed by atoms with Gasteiger partial charge in [-0.2, -0.15) is 13.2 Å². The van der Waals surface area contributed by atoms with Gasteiger partial charge in [0.1, 0.15) is 17.4 Å². The molecule has 0 amide bonds. The number of fused-ring (bicyclic) bond motifs is 1. The van der Waals surface area contributed by atoms with E-state index in [4.69, 9.17) is 4.42 Å². The lowest BCUT2D eigenvalue weighted by atomic mass is 10.0. The lowest BCUT2D eigenvalue weighted by Gasteiger charge is -2.07. The zero-order valence-corrected chi connectivity index (χ0v) is 9.30. The van der Waals surface area contributed by atoms with Gasteiger partial charge in [0.2, 0.25) is 0 Å². The first-order chi connectivity index (χ1) is 7.82. The van der Waals surface area contributed by atoms with E-state index in [1.807, 2.05) is 0 Å². The van der Waals surface area contributed by atoms with Crippen LogP contribution >= 0.6 is 0 Å². The van der Waals surface area contributed by atoms with Crippen molar-refractivity contribution in [2.24, 2.45) is 0 Å². The Labute approximate surface area is 95.7 Å². The number of aliphatic hydroxyl groups is 1. The number of rotatable bonds is 1. The molecule has 17 heavy (non-hydrogen) atoms. The second-order valence-corrected chi connectivity index (χ2v) is 3.94. The molecule has 0 saturated carbocycles. The predicted octanol–water partition coefficient (Wildman–Crippen LogP) is 3.81. The van der Waals surface area contributed by atoms with Crippen LogP contribution in [0.1, 0.15) is 29.9 Å². The van der Waals surface area contributed by atoms with Crippen molar-refractivity contribution in [2.75, 3.05) is 0 Å². The summed E-state index contributed by atoms with van der Waals surface area (Å²) < 4.78 is 43.7. The molecule has 2 nitrogen and oxygen atoms in total. The molecule has 2 rings (SSSR count). The van der Waals surface area contributed by atoms with Gasteiger partial charge >= 0.3 is 6.18 Å². The van der Waals surface area contributed by atoms with Gasteiger partial charge in [-0.05, 0) is 26.0 Å². The van der Waals surface area contributed by atoms with Gasteiger partial charge in [-0.1, -0.05) is 6.07 Å². The van der Waals surface area contributed by atoms with Crippen LogP contribution in [-0.4, -0.2) is 5.11 Å². The summed E-state index contributed by atoms with van der Waals surface area (Å²) in [5.74, 6) is 0.178. The Bertz CT molecular complexity index is 553. The quantitative estimate of drug-likeness (QED) is 0.827. The number of aliphatic hydroxyl groups excluding tert-OH is 1. The summed E-state index contributed by atoms with van der Waals surface area (Å²) in [4.78, 5) is 0. The van der Waals surface area contributed by atoms with Gasteiger partial charge in [-0.25, -0.2) is 0 Å². The van der Waals surface area contributed by atoms with Crippen LogP contribution in [0.4, 0.5) is 13.2 Å². The van der Waals surface area contributed by atoms with Crippen molar-refractivity contribution in [3.05, 3.63) is 35.1 Å². The standard InChI is InChI=1S/C12H11F3O2/c1-6-10-8(12(13,14)15)4-3-5-9(10)17-11(6)7(2)16/h3-5,7,16H,1-2H3. The van der Waals surface area contributed by atoms with E-state index in [1.165, 1.54) is 26.0 Å². The van der Waals surface area contributed by atoms with Crippen molar-refractivity contribution in [3.63, 3.8) is 0 Å². The molecule has 92 valence electrons. The third-order valence-corrected chi connectivity index (χ3v) is 2.68. The molecule has 1 aromatic carbocycles. The van der Waals surface area contributed by atoms with Gasteiger partial charge in [-0.15, -0.1) is 0 Å². The summed E-state index contributed by atoms with van der Waals surface area (Å²) in [5.41, 5.74) is -0.251. The predicted molar refractivity (Wildman–Crippen MR) is 56.6 cm³/mol. The van der Waals surface area contributed by atoms with Crippen molar-refractivity contribution < 1.29 is 22.7 Å². The Morgan fingerprint density at radius 1 is 1.29 bits per heavy atom. The third kappa shape index (κ3) is 1.91. The Hall–Kier alpha value is -1.49. The maximum Gasteiger partial charge on any atom is 0.417 e. The van der Waals surface area contributed by atoms with Crippen molar-refractivity contribution in [2.45, 2.75) is 26.1 Å². The van der Waals surface area contributed by atoms with Crippen LogP contribution in [0.15, 0.2) is 22.6 Å². The van der Waals surface area contributed by atoms with Crippen LogP contribution in [0.25, 0.3) is 11.0 Å². The third-order valence-electron chi connectivity index (χ3n) is 2.68. The number of alkyl halides is 3. The first kappa shape index (κ1) is 12.0. The summed E-state index contributed by atoms with van der Waals surface area (Å²) in [6.07, 6.45) is -5.35. The van der Waals surface area contributed by atoms with Crippen molar-refractivity contribution in [1.29, 1.82) is 0 Å². The molecule has 0 saturated heterocycles. The van der Waals surface area contributed by atoms with E-state index in [2.05, 4.69) is 0 Å². The number of furan rings is 1. The topological polar surface area (TPSA) is 33.4 Å². The Morgan fingerprint density at radius 2 is 1.94 bits per heavy atom. The Balaban J connectivity index is 2.80. The monoisotopic (exact) mass is 244 g/mol. The summed E-state index contributed by atoms with van der Waals surface area (Å²) in [6, 6.07) is 3.76. The highest BCUT2D eigenvalue weighted by molar-refractivity contribution is 5.86. The molecule has 2 aromatic rings. The molecule has 0 bridgehead atoms. The average molecular weight is 244 g/mol. The van der Waals surface area contributed by atoms with Gasteiger partial charge < -0.3 is 9.52 Å². The molecule has 5 heteroatoms. The summed E-state index contributed by atoms with van der Waals surface area (Å²) >= 11 is 0. The number of aryl methyl sites for hydroxylation is 1. The van der Waals surface area contributed by atoms with Crippen LogP contribution in [0.2, 0.25) is 0 Å². The van der Waals surface area contributed by atoms with Crippen LogP contribution < -0.4 is 0 Å². The Kier molecular flexibility index (Phi) is 2.66. The van der Waals surface area contributed by atoms with Gasteiger partial charge in [0.05, 0.1) is 5.56 Å². The molecular weight excluding hydrogens is 233 g/mol. The first-order valence-corrected chi connectivity index (χ1v) is 5.09. The number of benzene rings is 1. The highest BCUT2D eigenvalue weighted by Gasteiger charge is 2.34. The van der Waals surface area contributed by atoms with Gasteiger partial charge in [0.15, 0.2) is 0 Å². The summed E-state index contributed by atoms with van der Waals surface area (Å²) in [5, 5.41) is 9.45. The highest BCUT2D eigenvalue weighted by atomic mass is 19.4. The molecule has 0 spiro atoms. The fourth-order valence-electron chi connectivity index (χ4n) is 1.96. The maximum atomic E-state index is 12.8. The van der Waals surface area contributed by atoms with Gasteiger partial charge in [-0.3, -0.25) is 0 Å². The summed E-state index contributed by atoms with van der Waals surface area (Å²) in [7, 11) is 0. The number of halogens is 3. The number of hydrogen-bond donors (Lipinski definition) is 1. The van der Waals surface area contributed by atoms with E-state index < -0.39 is 17.8 Å². The first-order valence-electron chi connectivity index (χ1n) is 5.09. The molecular formula is C12H11F3O2. The fraction of sp³-hybridized carbons (Fsp3) is 0.333. The molecule has 1 N–H and O–H groups in total. The maximum absolute atomic E-state index is 12.8. The molecule has 1 heterocycles. The minimum Gasteiger partial charge on any atom is -0.458 e. The molecule has 1 aromatic heterocycles. The van der Waals surface area contributed by atoms with Crippen molar-refractivity contribution >= 4 is 11.0 Å². The lowest BCUT2D eigenvalue weighted by Crippen LogP contribution is -2.05. The van der Waals surface area contributed by atoms with Crippen molar-refractivity contribution in [3.8, 4) is 0 Å². The second kappa shape index (κ2) is 3.77. The highest BCUT2D eigenvalue weighted by Crippen LogP contribution is 2.39. The average Bonchev–Trinajstić information content (AvgIpc) is 2.55. The van der Waals surface area contributed by atoms with Crippen LogP contribution in [0, 0.1) is 6.92 Å². The van der Waals surface area contributed by atoms with E-state index in [0.29, 0.717) is 5.56 Å². The molecule has 0 aliphatic heterocycles. The summed E-state index contributed by atoms with van der Waals surface area (Å²) in [6.45, 7) is 2.97. The molecule has 0 aliphatic carbocycles. The lowest BCUT2D eigenvalue weighted by molar-refractivity contribution is -0.136. The van der Waals surface area contributed by atoms with Crippen molar-refractivity contribution in [1.82, 2.24) is 0 Å². The van der Waals surface area contributed by atoms with E-state index in [0.717, 1.165) is 6.07 Å². The van der Waals surface area contributed by atoms with Gasteiger partial charge in [0.25, 0.3) is 0 Å². The molecule has 1 unspecified atom stereocenters. The van der Waals surface area contributed by atoms with E-state index in [9.17, 15) is 18.3 Å². The SMILES string of the molecule is Cc1c(C(C)O)oc2cccc(C(F)(F)F)c12. The number of hydrogen-bond acceptors (Lipinski definition) is 2. The normalized spacial score (nSPS) is 14.2. The van der Waals surface area contributed by atoms with Crippen LogP contribution in [-0.2, 0) is 6.18 Å². The Morgan fingerprint density at radius 3 is 2.47 bits per heavy atom. The van der Waals surface area contributed by atoms with Gasteiger partial charge in [0, 0.05) is 10.9 Å². The molecule has 0 aliphatic rings. The van der Waals surface area contributed by atoms with Crippen LogP contribution in [0.5, 0.6) is 0 Å². The molecule has 1 atom stereocenters. The second-order valence-electron chi connectivity index (χ2n) is 3.94. The van der Waals surface area contributed by atoms with E-state index in [-0.39, 0.29) is 16.7 Å². The fourth-order valence-corrected chi connectivity index (χ4v) is 1.96. The minimum atomic E-state index is -4.43. The molecule has 0 radical (unpaired) electrons.